The van der Waals surface area contributed by atoms with Crippen LogP contribution in [0.4, 0.5) is 5.69 Å². The lowest BCUT2D eigenvalue weighted by molar-refractivity contribution is 0.0660. The maximum Gasteiger partial charge on any atom is 0.371 e. The van der Waals surface area contributed by atoms with Gasteiger partial charge in [-0.2, -0.15) is 0 Å². The number of rotatable bonds is 3. The van der Waals surface area contributed by atoms with Gasteiger partial charge >= 0.3 is 5.97 Å². The number of hydrogen-bond donors (Lipinski definition) is 2. The summed E-state index contributed by atoms with van der Waals surface area (Å²) in [7, 11) is 0. The van der Waals surface area contributed by atoms with E-state index in [2.05, 4.69) is 21.2 Å². The summed E-state index contributed by atoms with van der Waals surface area (Å²) >= 11 is 9.18. The number of anilines is 1. The van der Waals surface area contributed by atoms with Gasteiger partial charge in [-0.25, -0.2) is 4.79 Å². The van der Waals surface area contributed by atoms with Gasteiger partial charge in [0.15, 0.2) is 5.76 Å². The lowest BCUT2D eigenvalue weighted by Crippen LogP contribution is -2.11. The molecule has 2 rings (SSSR count). The van der Waals surface area contributed by atoms with Gasteiger partial charge in [0, 0.05) is 4.47 Å². The van der Waals surface area contributed by atoms with E-state index in [9.17, 15) is 9.59 Å². The molecule has 0 unspecified atom stereocenters. The van der Waals surface area contributed by atoms with Gasteiger partial charge in [0.1, 0.15) is 0 Å². The van der Waals surface area contributed by atoms with E-state index in [0.717, 1.165) is 4.47 Å². The van der Waals surface area contributed by atoms with E-state index < -0.39 is 11.9 Å². The maximum atomic E-state index is 11.8. The van der Waals surface area contributed by atoms with Crippen LogP contribution in [-0.2, 0) is 0 Å². The Hall–Kier alpha value is -1.79. The van der Waals surface area contributed by atoms with Crippen molar-refractivity contribution in [3.05, 3.63) is 51.3 Å². The Morgan fingerprint density at radius 2 is 1.89 bits per heavy atom. The predicted octanol–water partition coefficient (Wildman–Crippen LogP) is 3.65. The zero-order chi connectivity index (χ0) is 14.0. The molecule has 98 valence electrons. The molecule has 2 N–H and O–H groups in total. The third-order valence-electron chi connectivity index (χ3n) is 2.22. The normalized spacial score (nSPS) is 10.2. The van der Waals surface area contributed by atoms with Crippen molar-refractivity contribution < 1.29 is 19.1 Å². The third kappa shape index (κ3) is 3.15. The molecular weight excluding hydrogens is 337 g/mol. The molecule has 0 aliphatic rings. The van der Waals surface area contributed by atoms with Gasteiger partial charge in [0.2, 0.25) is 5.76 Å². The zero-order valence-corrected chi connectivity index (χ0v) is 11.7. The summed E-state index contributed by atoms with van der Waals surface area (Å²) in [4.78, 5) is 22.5. The molecular formula is C12H7BrClNO4. The lowest BCUT2D eigenvalue weighted by Gasteiger charge is -2.05. The minimum absolute atomic E-state index is 0.103. The van der Waals surface area contributed by atoms with Crippen molar-refractivity contribution in [3.63, 3.8) is 0 Å². The number of carbonyl (C=O) groups excluding carboxylic acids is 1. The van der Waals surface area contributed by atoms with E-state index in [1.54, 1.807) is 18.2 Å². The highest BCUT2D eigenvalue weighted by atomic mass is 79.9. The van der Waals surface area contributed by atoms with Crippen molar-refractivity contribution in [1.82, 2.24) is 0 Å². The Bertz CT molecular complexity index is 653. The van der Waals surface area contributed by atoms with Crippen molar-refractivity contribution in [2.24, 2.45) is 0 Å². The van der Waals surface area contributed by atoms with Gasteiger partial charge < -0.3 is 14.8 Å². The van der Waals surface area contributed by atoms with Gasteiger partial charge in [-0.05, 0) is 30.3 Å². The molecule has 5 nitrogen and oxygen atoms in total. The van der Waals surface area contributed by atoms with Crippen LogP contribution in [-0.4, -0.2) is 17.0 Å². The largest absolute Gasteiger partial charge is 0.475 e. The number of amides is 1. The second-order valence-electron chi connectivity index (χ2n) is 3.55. The van der Waals surface area contributed by atoms with Gasteiger partial charge in [0.05, 0.1) is 10.7 Å². The number of carboxylic acids is 1. The molecule has 1 amide bonds. The molecule has 2 aromatic rings. The standard InChI is InChI=1S/C12H7BrClNO4/c13-6-1-2-7(14)8(5-6)15-11(16)9-3-4-10(19-9)12(17)18/h1-5H,(H,15,16)(H,17,18). The molecule has 0 bridgehead atoms. The van der Waals surface area contributed by atoms with Crippen LogP contribution < -0.4 is 5.32 Å². The Balaban J connectivity index is 2.20. The molecule has 0 spiro atoms. The molecule has 0 fully saturated rings. The van der Waals surface area contributed by atoms with Gasteiger partial charge in [-0.3, -0.25) is 4.79 Å². The summed E-state index contributed by atoms with van der Waals surface area (Å²) in [6, 6.07) is 7.46. The Morgan fingerprint density at radius 1 is 1.21 bits per heavy atom. The summed E-state index contributed by atoms with van der Waals surface area (Å²) in [6.07, 6.45) is 0. The monoisotopic (exact) mass is 343 g/mol. The van der Waals surface area contributed by atoms with Crippen molar-refractivity contribution in [1.29, 1.82) is 0 Å². The highest BCUT2D eigenvalue weighted by Crippen LogP contribution is 2.26. The number of furan rings is 1. The maximum absolute atomic E-state index is 11.8. The summed E-state index contributed by atoms with van der Waals surface area (Å²) in [6.45, 7) is 0. The van der Waals surface area contributed by atoms with Crippen LogP contribution in [0, 0.1) is 0 Å². The summed E-state index contributed by atoms with van der Waals surface area (Å²) in [5, 5.41) is 11.6. The number of nitrogens with one attached hydrogen (secondary N) is 1. The molecule has 0 saturated heterocycles. The third-order valence-corrected chi connectivity index (χ3v) is 3.04. The first-order valence-corrected chi connectivity index (χ1v) is 6.24. The number of carboxylic acid groups (broad SMARTS) is 1. The van der Waals surface area contributed by atoms with E-state index in [1.165, 1.54) is 12.1 Å². The average Bonchev–Trinajstić information content (AvgIpc) is 2.83. The zero-order valence-electron chi connectivity index (χ0n) is 9.31. The van der Waals surface area contributed by atoms with Crippen molar-refractivity contribution in [3.8, 4) is 0 Å². The van der Waals surface area contributed by atoms with Crippen LogP contribution in [0.25, 0.3) is 0 Å². The predicted molar refractivity (Wildman–Crippen MR) is 72.8 cm³/mol. The van der Waals surface area contributed by atoms with E-state index >= 15 is 0 Å². The number of halogens is 2. The first-order chi connectivity index (χ1) is 8.97. The van der Waals surface area contributed by atoms with Gasteiger partial charge in [-0.1, -0.05) is 27.5 Å². The first-order valence-electron chi connectivity index (χ1n) is 5.07. The molecule has 0 radical (unpaired) electrons. The summed E-state index contributed by atoms with van der Waals surface area (Å²) in [5.41, 5.74) is 0.398. The Kier molecular flexibility index (Phi) is 3.92. The number of hydrogen-bond acceptors (Lipinski definition) is 3. The van der Waals surface area contributed by atoms with Gasteiger partial charge in [0.25, 0.3) is 5.91 Å². The highest BCUT2D eigenvalue weighted by molar-refractivity contribution is 9.10. The molecule has 1 aromatic carbocycles. The van der Waals surface area contributed by atoms with E-state index in [0.29, 0.717) is 10.7 Å². The fourth-order valence-electron chi connectivity index (χ4n) is 1.35. The fourth-order valence-corrected chi connectivity index (χ4v) is 1.88. The minimum Gasteiger partial charge on any atom is -0.475 e. The van der Waals surface area contributed by atoms with Crippen molar-refractivity contribution >= 4 is 45.1 Å². The number of aromatic carboxylic acids is 1. The van der Waals surface area contributed by atoms with Crippen molar-refractivity contribution in [2.75, 3.05) is 5.32 Å². The van der Waals surface area contributed by atoms with Crippen LogP contribution >= 0.6 is 27.5 Å². The summed E-state index contributed by atoms with van der Waals surface area (Å²) in [5.74, 6) is -2.22. The van der Waals surface area contributed by atoms with E-state index in [-0.39, 0.29) is 11.5 Å². The summed E-state index contributed by atoms with van der Waals surface area (Å²) < 4.78 is 5.63. The second kappa shape index (κ2) is 5.46. The molecule has 1 heterocycles. The first kappa shape index (κ1) is 13.6. The van der Waals surface area contributed by atoms with Crippen LogP contribution in [0.2, 0.25) is 5.02 Å². The average molecular weight is 345 g/mol. The molecule has 0 aliphatic heterocycles. The van der Waals surface area contributed by atoms with Crippen molar-refractivity contribution in [2.45, 2.75) is 0 Å². The van der Waals surface area contributed by atoms with Crippen LogP contribution in [0.5, 0.6) is 0 Å². The van der Waals surface area contributed by atoms with Crippen LogP contribution in [0.3, 0.4) is 0 Å². The van der Waals surface area contributed by atoms with Gasteiger partial charge in [-0.15, -0.1) is 0 Å². The van der Waals surface area contributed by atoms with E-state index in [4.69, 9.17) is 21.1 Å². The fraction of sp³-hybridized carbons (Fsp3) is 0. The SMILES string of the molecule is O=C(O)c1ccc(C(=O)Nc2cc(Br)ccc2Cl)o1. The molecule has 7 heteroatoms. The molecule has 0 atom stereocenters. The van der Waals surface area contributed by atoms with E-state index in [1.807, 2.05) is 0 Å². The van der Waals surface area contributed by atoms with Crippen LogP contribution in [0.15, 0.2) is 39.2 Å². The second-order valence-corrected chi connectivity index (χ2v) is 4.87. The minimum atomic E-state index is -1.24. The quantitative estimate of drug-likeness (QED) is 0.891. The number of carbonyl (C=O) groups is 2. The number of benzene rings is 1. The highest BCUT2D eigenvalue weighted by Gasteiger charge is 2.16. The Labute approximate surface area is 121 Å². The molecule has 19 heavy (non-hydrogen) atoms. The molecule has 1 aromatic heterocycles. The lowest BCUT2D eigenvalue weighted by atomic mass is 10.3. The Morgan fingerprint density at radius 3 is 2.53 bits per heavy atom. The molecule has 0 saturated carbocycles. The topological polar surface area (TPSA) is 79.5 Å². The smallest absolute Gasteiger partial charge is 0.371 e. The molecule has 0 aliphatic carbocycles. The van der Waals surface area contributed by atoms with Crippen LogP contribution in [0.1, 0.15) is 21.1 Å².